The van der Waals surface area contributed by atoms with E-state index < -0.39 is 90.3 Å². The Kier molecular flexibility index (Phi) is 24.9. The van der Waals surface area contributed by atoms with Crippen LogP contribution in [0.25, 0.3) is 0 Å². The number of phenols is 1. The molecule has 0 aliphatic heterocycles. The number of guanidine groups is 2. The number of nitrogens with zero attached hydrogens (tertiary/aromatic N) is 3. The zero-order chi connectivity index (χ0) is 49.2. The zero-order valence-corrected chi connectivity index (χ0v) is 37.3. The third-order valence-corrected chi connectivity index (χ3v) is 10.1. The van der Waals surface area contributed by atoms with Crippen molar-refractivity contribution in [2.75, 3.05) is 32.0 Å². The maximum absolute atomic E-state index is 14.0. The molecule has 22 N–H and O–H groups in total. The Bertz CT molecular complexity index is 1930. The van der Waals surface area contributed by atoms with Gasteiger partial charge in [0.1, 0.15) is 42.0 Å². The Hall–Kier alpha value is -6.71. The van der Waals surface area contributed by atoms with Crippen molar-refractivity contribution in [3.05, 3.63) is 48.0 Å². The number of nitrogens with one attached hydrogen (secondary N) is 7. The van der Waals surface area contributed by atoms with Gasteiger partial charge in [-0.3, -0.25) is 38.8 Å². The lowest BCUT2D eigenvalue weighted by molar-refractivity contribution is -0.142. The van der Waals surface area contributed by atoms with E-state index in [2.05, 4.69) is 64.5 Å². The number of aliphatic hydroxyl groups excluding tert-OH is 1. The smallest absolute Gasteiger partial charge is 0.326 e. The first-order valence-corrected chi connectivity index (χ1v) is 21.6. The van der Waals surface area contributed by atoms with E-state index in [9.17, 15) is 48.9 Å². The minimum atomic E-state index is -1.70. The zero-order valence-electron chi connectivity index (χ0n) is 36.4. The number of carbonyl (C=O) groups excluding carboxylic acids is 6. The molecule has 0 spiro atoms. The number of aromatic hydroxyl groups is 1. The number of amides is 6. The number of carbonyl (C=O) groups is 7. The molecular formula is C39H64N16O10S. The second-order valence-electron chi connectivity index (χ2n) is 15.0. The van der Waals surface area contributed by atoms with Crippen LogP contribution in [-0.2, 0) is 46.4 Å². The summed E-state index contributed by atoms with van der Waals surface area (Å²) in [4.78, 5) is 108. The molecule has 2 aromatic rings. The fraction of sp³-hybridized carbons (Fsp3) is 0.538. The fourth-order valence-electron chi connectivity index (χ4n) is 6.10. The summed E-state index contributed by atoms with van der Waals surface area (Å²) in [6, 6.07) is -3.73. The summed E-state index contributed by atoms with van der Waals surface area (Å²) in [5.74, 6) is -7.47. The molecule has 66 heavy (non-hydrogen) atoms. The number of aromatic amines is 1. The molecule has 0 aliphatic rings. The van der Waals surface area contributed by atoms with Crippen molar-refractivity contribution >= 4 is 66.0 Å². The summed E-state index contributed by atoms with van der Waals surface area (Å²) in [5.41, 5.74) is 34.0. The van der Waals surface area contributed by atoms with Crippen LogP contribution in [0.4, 0.5) is 0 Å². The van der Waals surface area contributed by atoms with Crippen LogP contribution in [0, 0.1) is 0 Å². The summed E-state index contributed by atoms with van der Waals surface area (Å²) >= 11 is 4.20. The van der Waals surface area contributed by atoms with Crippen LogP contribution in [0.15, 0.2) is 46.8 Å². The van der Waals surface area contributed by atoms with Gasteiger partial charge in [-0.2, -0.15) is 12.6 Å². The molecule has 27 heteroatoms. The van der Waals surface area contributed by atoms with E-state index in [4.69, 9.17) is 34.4 Å². The lowest BCUT2D eigenvalue weighted by Crippen LogP contribution is -2.61. The number of nitrogens with two attached hydrogens (primary N) is 6. The molecule has 1 heterocycles. The molecule has 0 radical (unpaired) electrons. The second-order valence-corrected chi connectivity index (χ2v) is 15.4. The molecule has 0 saturated carbocycles. The molecule has 7 atom stereocenters. The monoisotopic (exact) mass is 948 g/mol. The topological polar surface area (TPSA) is 462 Å². The molecule has 26 nitrogen and oxygen atoms in total. The predicted octanol–water partition coefficient (Wildman–Crippen LogP) is -5.62. The number of hydrogen-bond donors (Lipinski definition) is 17. The molecule has 6 amide bonds. The molecule has 0 fully saturated rings. The van der Waals surface area contributed by atoms with Gasteiger partial charge in [0.05, 0.1) is 19.0 Å². The van der Waals surface area contributed by atoms with Gasteiger partial charge in [-0.1, -0.05) is 18.6 Å². The van der Waals surface area contributed by atoms with Gasteiger partial charge in [0, 0.05) is 43.6 Å². The largest absolute Gasteiger partial charge is 0.508 e. The summed E-state index contributed by atoms with van der Waals surface area (Å²) < 4.78 is 0. The highest BCUT2D eigenvalue weighted by atomic mass is 32.1. The van der Waals surface area contributed by atoms with Crippen molar-refractivity contribution in [3.8, 4) is 5.75 Å². The summed E-state index contributed by atoms with van der Waals surface area (Å²) in [6.07, 6.45) is 4.11. The summed E-state index contributed by atoms with van der Waals surface area (Å²) in [5, 5.41) is 44.6. The number of carboxylic acid groups (broad SMARTS) is 1. The third-order valence-electron chi connectivity index (χ3n) is 9.70. The van der Waals surface area contributed by atoms with Crippen LogP contribution in [-0.4, -0.2) is 153 Å². The Balaban J connectivity index is 2.28. The first kappa shape index (κ1) is 55.4. The number of aromatic nitrogens is 2. The number of aliphatic imine (C=N–C) groups is 2. The Morgan fingerprint density at radius 2 is 1.14 bits per heavy atom. The van der Waals surface area contributed by atoms with Crippen molar-refractivity contribution in [1.29, 1.82) is 0 Å². The van der Waals surface area contributed by atoms with Crippen molar-refractivity contribution in [2.24, 2.45) is 44.4 Å². The number of carboxylic acids is 1. The minimum Gasteiger partial charge on any atom is -0.508 e. The summed E-state index contributed by atoms with van der Waals surface area (Å²) in [7, 11) is 0. The maximum Gasteiger partial charge on any atom is 0.326 e. The lowest BCUT2D eigenvalue weighted by atomic mass is 10.0. The fourth-order valence-corrected chi connectivity index (χ4v) is 6.36. The number of aliphatic carboxylic acids is 1. The van der Waals surface area contributed by atoms with E-state index in [1.54, 1.807) is 12.1 Å². The highest BCUT2D eigenvalue weighted by molar-refractivity contribution is 7.80. The molecule has 0 saturated heterocycles. The number of phenolic OH excluding ortho intramolecular Hbond substituents is 1. The highest BCUT2D eigenvalue weighted by Gasteiger charge is 2.33. The number of H-pyrrole nitrogens is 1. The van der Waals surface area contributed by atoms with Crippen molar-refractivity contribution in [2.45, 2.75) is 100 Å². The molecule has 2 rings (SSSR count). The number of imidazole rings is 1. The Morgan fingerprint density at radius 1 is 0.652 bits per heavy atom. The molecule has 1 aromatic heterocycles. The van der Waals surface area contributed by atoms with Gasteiger partial charge in [0.25, 0.3) is 0 Å². The number of hydrogen-bond acceptors (Lipinski definition) is 15. The number of rotatable bonds is 31. The standard InChI is InChI=1S/C39H64N16O10S/c40-12-2-1-5-24(41)31(58)52-27(15-21-8-10-23(57)11-9-21)33(60)53-28(16-22-17-46-20-49-22)34(61)55-30(19-66)36(63)54-29(18-56)35(62)50-25(6-3-13-47-38(42)43)32(59)51-26(37(64)65)7-4-14-48-39(44)45/h8-11,17,20,24-30,56-57,66H,1-7,12-16,18-19,40-41H2,(H,46,49)(H,50,62)(H,51,59)(H,52,58)(H,53,60)(H,54,63)(H,55,61)(H,64,65)(H4,42,43,47)(H4,44,45,48)/t24-,25-,26-,27-,28-,29-,30-/m0/s1. The third kappa shape index (κ3) is 20.9. The Labute approximate surface area is 386 Å². The van der Waals surface area contributed by atoms with Crippen LogP contribution in [0.2, 0.25) is 0 Å². The van der Waals surface area contributed by atoms with Crippen LogP contribution < -0.4 is 66.3 Å². The molecular weight excluding hydrogens is 885 g/mol. The quantitative estimate of drug-likeness (QED) is 0.0145. The van der Waals surface area contributed by atoms with Crippen LogP contribution in [0.3, 0.4) is 0 Å². The van der Waals surface area contributed by atoms with Crippen LogP contribution in [0.1, 0.15) is 56.2 Å². The maximum atomic E-state index is 14.0. The number of aliphatic hydroxyl groups is 1. The molecule has 366 valence electrons. The molecule has 0 bridgehead atoms. The SMILES string of the molecule is NCCCC[C@H](N)C(=O)N[C@@H](Cc1ccc(O)cc1)C(=O)N[C@@H](Cc1cnc[nH]1)C(=O)N[C@@H](CS)C(=O)N[C@@H](CO)C(=O)N[C@@H](CCCN=C(N)N)C(=O)N[C@@H](CCCN=C(N)N)C(=O)O. The normalized spacial score (nSPS) is 14.1. The van der Waals surface area contributed by atoms with Gasteiger partial charge in [0.15, 0.2) is 11.9 Å². The van der Waals surface area contributed by atoms with Crippen molar-refractivity contribution < 1.29 is 48.9 Å². The molecule has 0 unspecified atom stereocenters. The number of unbranched alkanes of at least 4 members (excludes halogenated alkanes) is 1. The van der Waals surface area contributed by atoms with Crippen molar-refractivity contribution in [3.63, 3.8) is 0 Å². The molecule has 0 aliphatic carbocycles. The first-order valence-electron chi connectivity index (χ1n) is 21.0. The van der Waals surface area contributed by atoms with Gasteiger partial charge < -0.3 is 86.6 Å². The van der Waals surface area contributed by atoms with E-state index in [1.807, 2.05) is 0 Å². The molecule has 1 aromatic carbocycles. The van der Waals surface area contributed by atoms with Gasteiger partial charge in [-0.05, 0) is 62.8 Å². The van der Waals surface area contributed by atoms with Crippen molar-refractivity contribution in [1.82, 2.24) is 41.9 Å². The number of thiol groups is 1. The first-order chi connectivity index (χ1) is 31.4. The van der Waals surface area contributed by atoms with Gasteiger partial charge in [-0.25, -0.2) is 9.78 Å². The average Bonchev–Trinajstić information content (AvgIpc) is 3.79. The summed E-state index contributed by atoms with van der Waals surface area (Å²) in [6.45, 7) is -0.467. The minimum absolute atomic E-state index is 0.0292. The van der Waals surface area contributed by atoms with E-state index in [0.717, 1.165) is 0 Å². The van der Waals surface area contributed by atoms with Crippen LogP contribution >= 0.6 is 12.6 Å². The van der Waals surface area contributed by atoms with E-state index in [1.165, 1.54) is 24.7 Å². The second kappa shape index (κ2) is 29.7. The van der Waals surface area contributed by atoms with E-state index >= 15 is 0 Å². The van der Waals surface area contributed by atoms with Crippen LogP contribution in [0.5, 0.6) is 5.75 Å². The lowest BCUT2D eigenvalue weighted by Gasteiger charge is -2.27. The highest BCUT2D eigenvalue weighted by Crippen LogP contribution is 2.13. The van der Waals surface area contributed by atoms with Gasteiger partial charge >= 0.3 is 5.97 Å². The van der Waals surface area contributed by atoms with E-state index in [0.29, 0.717) is 37.1 Å². The van der Waals surface area contributed by atoms with Gasteiger partial charge in [-0.15, -0.1) is 0 Å². The average molecular weight is 949 g/mol. The van der Waals surface area contributed by atoms with E-state index in [-0.39, 0.29) is 75.0 Å². The Morgan fingerprint density at radius 3 is 1.67 bits per heavy atom. The number of benzene rings is 1. The predicted molar refractivity (Wildman–Crippen MR) is 245 cm³/mol. The van der Waals surface area contributed by atoms with Gasteiger partial charge in [0.2, 0.25) is 35.4 Å².